The third-order valence-electron chi connectivity index (χ3n) is 4.70. The van der Waals surface area contributed by atoms with Crippen LogP contribution in [0, 0.1) is 5.92 Å². The van der Waals surface area contributed by atoms with Crippen LogP contribution in [0.2, 0.25) is 0 Å². The third kappa shape index (κ3) is 7.27. The van der Waals surface area contributed by atoms with Crippen LogP contribution < -0.4 is 9.47 Å². The van der Waals surface area contributed by atoms with Crippen molar-refractivity contribution in [3.05, 3.63) is 84.4 Å². The van der Waals surface area contributed by atoms with E-state index in [1.165, 1.54) is 0 Å². The van der Waals surface area contributed by atoms with Crippen molar-refractivity contribution < 1.29 is 23.8 Å². The lowest BCUT2D eigenvalue weighted by molar-refractivity contribution is -0.154. The Bertz CT molecular complexity index is 963. The molecular weight excluding hydrogens is 404 g/mol. The summed E-state index contributed by atoms with van der Waals surface area (Å²) in [5.41, 5.74) is 2.54. The maximum atomic E-state index is 12.4. The first-order valence-electron chi connectivity index (χ1n) is 9.84. The van der Waals surface area contributed by atoms with Gasteiger partial charge in [0.05, 0.1) is 11.5 Å². The van der Waals surface area contributed by atoms with Gasteiger partial charge >= 0.3 is 11.9 Å². The van der Waals surface area contributed by atoms with Gasteiger partial charge in [-0.1, -0.05) is 71.2 Å². The molecule has 0 aliphatic heterocycles. The van der Waals surface area contributed by atoms with Crippen molar-refractivity contribution in [3.8, 4) is 22.6 Å². The van der Waals surface area contributed by atoms with Crippen LogP contribution >= 0.6 is 0 Å². The molecule has 0 fully saturated rings. The van der Waals surface area contributed by atoms with Gasteiger partial charge in [0.1, 0.15) is 11.5 Å². The van der Waals surface area contributed by atoms with Gasteiger partial charge in [0, 0.05) is 0 Å². The summed E-state index contributed by atoms with van der Waals surface area (Å²) in [5.74, 6) is 0.0494. The van der Waals surface area contributed by atoms with E-state index in [0.29, 0.717) is 23.5 Å². The zero-order valence-electron chi connectivity index (χ0n) is 17.0. The number of carbonyl (C=O) groups is 2. The zero-order chi connectivity index (χ0) is 21.3. The molecular formula is C27H32O5. The lowest BCUT2D eigenvalue weighted by atomic mass is 10.1. The van der Waals surface area contributed by atoms with Crippen molar-refractivity contribution in [2.24, 2.45) is 5.92 Å². The van der Waals surface area contributed by atoms with Crippen LogP contribution in [-0.2, 0) is 9.53 Å². The van der Waals surface area contributed by atoms with E-state index in [1.54, 1.807) is 43.3 Å². The Morgan fingerprint density at radius 1 is 0.781 bits per heavy atom. The first kappa shape index (κ1) is 26.4. The van der Waals surface area contributed by atoms with Crippen LogP contribution in [0.25, 0.3) is 11.1 Å². The molecule has 0 amide bonds. The van der Waals surface area contributed by atoms with E-state index in [2.05, 4.69) is 0 Å². The largest absolute Gasteiger partial charge is 0.457 e. The summed E-state index contributed by atoms with van der Waals surface area (Å²) < 4.78 is 15.9. The van der Waals surface area contributed by atoms with Crippen LogP contribution in [0.4, 0.5) is 0 Å². The van der Waals surface area contributed by atoms with Crippen LogP contribution in [-0.4, -0.2) is 18.7 Å². The van der Waals surface area contributed by atoms with E-state index >= 15 is 0 Å². The number of carbonyl (C=O) groups excluding carboxylic acids is 2. The Morgan fingerprint density at radius 2 is 1.34 bits per heavy atom. The van der Waals surface area contributed by atoms with E-state index in [9.17, 15) is 9.59 Å². The Morgan fingerprint density at radius 3 is 1.94 bits per heavy atom. The summed E-state index contributed by atoms with van der Waals surface area (Å²) in [7, 11) is 0. The third-order valence-corrected chi connectivity index (χ3v) is 4.70. The van der Waals surface area contributed by atoms with Crippen molar-refractivity contribution >= 4 is 11.9 Å². The van der Waals surface area contributed by atoms with Gasteiger partial charge in [-0.3, -0.25) is 4.79 Å². The average Bonchev–Trinajstić information content (AvgIpc) is 2.80. The molecule has 0 aliphatic carbocycles. The van der Waals surface area contributed by atoms with Crippen molar-refractivity contribution in [2.75, 3.05) is 6.79 Å². The molecule has 3 rings (SSSR count). The molecule has 170 valence electrons. The van der Waals surface area contributed by atoms with Crippen LogP contribution in [0.3, 0.4) is 0 Å². The fourth-order valence-corrected chi connectivity index (χ4v) is 2.66. The Kier molecular flexibility index (Phi) is 10.7. The van der Waals surface area contributed by atoms with E-state index in [-0.39, 0.29) is 33.5 Å². The van der Waals surface area contributed by atoms with Crippen molar-refractivity contribution in [1.29, 1.82) is 0 Å². The van der Waals surface area contributed by atoms with Crippen molar-refractivity contribution in [2.45, 2.75) is 35.1 Å². The second-order valence-corrected chi connectivity index (χ2v) is 6.84. The van der Waals surface area contributed by atoms with Gasteiger partial charge in [0.2, 0.25) is 6.79 Å². The summed E-state index contributed by atoms with van der Waals surface area (Å²) in [4.78, 5) is 24.0. The zero-order valence-corrected chi connectivity index (χ0v) is 17.0. The number of hydrogen-bond acceptors (Lipinski definition) is 5. The topological polar surface area (TPSA) is 61.8 Å². The number of esters is 2. The minimum Gasteiger partial charge on any atom is -0.457 e. The van der Waals surface area contributed by atoms with Gasteiger partial charge in [-0.15, -0.1) is 0 Å². The standard InChI is InChI=1S/C25H24O5.2CH4/c1-3-18(2)24(26)29-17-28-22-13-11-21(12-14-22)25(27)30-23-15-9-20(10-16-23)19-7-5-4-6-8-19;;/h4-16,18H,3,17H2,1-2H3;2*1H4. The molecule has 0 bridgehead atoms. The van der Waals surface area contributed by atoms with E-state index in [0.717, 1.165) is 11.1 Å². The molecule has 0 saturated heterocycles. The Labute approximate surface area is 191 Å². The summed E-state index contributed by atoms with van der Waals surface area (Å²) >= 11 is 0. The fraction of sp³-hybridized carbons (Fsp3) is 0.259. The summed E-state index contributed by atoms with van der Waals surface area (Å²) in [6.45, 7) is 3.56. The van der Waals surface area contributed by atoms with Crippen LogP contribution in [0.5, 0.6) is 11.5 Å². The predicted octanol–water partition coefficient (Wildman–Crippen LogP) is 6.77. The van der Waals surface area contributed by atoms with Gasteiger partial charge in [0.25, 0.3) is 0 Å². The normalized spacial score (nSPS) is 10.7. The molecule has 3 aromatic rings. The van der Waals surface area contributed by atoms with Crippen molar-refractivity contribution in [1.82, 2.24) is 0 Å². The molecule has 0 saturated carbocycles. The van der Waals surface area contributed by atoms with Crippen LogP contribution in [0.15, 0.2) is 78.9 Å². The van der Waals surface area contributed by atoms with E-state index in [1.807, 2.05) is 49.4 Å². The van der Waals surface area contributed by atoms with Crippen molar-refractivity contribution in [3.63, 3.8) is 0 Å². The molecule has 0 aromatic heterocycles. The SMILES string of the molecule is C.C.CCC(C)C(=O)OCOc1ccc(C(=O)Oc2ccc(-c3ccccc3)cc2)cc1. The minimum absolute atomic E-state index is 0. The molecule has 5 heteroatoms. The molecule has 5 nitrogen and oxygen atoms in total. The summed E-state index contributed by atoms with van der Waals surface area (Å²) in [6.07, 6.45) is 0.713. The molecule has 1 unspecified atom stereocenters. The molecule has 1 atom stereocenters. The molecule has 0 aliphatic rings. The highest BCUT2D eigenvalue weighted by Crippen LogP contribution is 2.23. The van der Waals surface area contributed by atoms with Crippen LogP contribution in [0.1, 0.15) is 45.5 Å². The number of ether oxygens (including phenoxy) is 3. The number of hydrogen-bond donors (Lipinski definition) is 0. The van der Waals surface area contributed by atoms with E-state index in [4.69, 9.17) is 14.2 Å². The predicted molar refractivity (Wildman–Crippen MR) is 128 cm³/mol. The highest BCUT2D eigenvalue weighted by Gasteiger charge is 2.12. The lowest BCUT2D eigenvalue weighted by Crippen LogP contribution is -2.17. The Hall–Kier alpha value is -3.60. The second-order valence-electron chi connectivity index (χ2n) is 6.84. The van der Waals surface area contributed by atoms with Gasteiger partial charge in [-0.25, -0.2) is 4.79 Å². The van der Waals surface area contributed by atoms with Gasteiger partial charge in [-0.2, -0.15) is 0 Å². The highest BCUT2D eigenvalue weighted by molar-refractivity contribution is 5.91. The average molecular weight is 437 g/mol. The first-order chi connectivity index (χ1) is 14.6. The van der Waals surface area contributed by atoms with Gasteiger partial charge < -0.3 is 14.2 Å². The highest BCUT2D eigenvalue weighted by atomic mass is 16.7. The quantitative estimate of drug-likeness (QED) is 0.221. The monoisotopic (exact) mass is 436 g/mol. The van der Waals surface area contributed by atoms with Gasteiger partial charge in [0.15, 0.2) is 0 Å². The molecule has 3 aromatic carbocycles. The second kappa shape index (κ2) is 13.0. The maximum Gasteiger partial charge on any atom is 0.343 e. The fourth-order valence-electron chi connectivity index (χ4n) is 2.66. The molecule has 0 heterocycles. The molecule has 0 spiro atoms. The Balaban J connectivity index is 0.00000256. The first-order valence-corrected chi connectivity index (χ1v) is 9.84. The van der Waals surface area contributed by atoms with E-state index < -0.39 is 5.97 Å². The number of rotatable bonds is 8. The molecule has 0 radical (unpaired) electrons. The minimum atomic E-state index is -0.461. The summed E-state index contributed by atoms with van der Waals surface area (Å²) in [6, 6.07) is 23.8. The lowest BCUT2D eigenvalue weighted by Gasteiger charge is -2.11. The van der Waals surface area contributed by atoms with Gasteiger partial charge in [-0.05, 0) is 53.9 Å². The maximum absolute atomic E-state index is 12.4. The smallest absolute Gasteiger partial charge is 0.343 e. The molecule has 32 heavy (non-hydrogen) atoms. The number of benzene rings is 3. The summed E-state index contributed by atoms with van der Waals surface area (Å²) in [5, 5.41) is 0. The molecule has 0 N–H and O–H groups in total.